The Hall–Kier alpha value is -1.06. The number of hydrogen-bond donors (Lipinski definition) is 2. The molecular weight excluding hydrogens is 230 g/mol. The minimum atomic E-state index is -0.807. The van der Waals surface area contributed by atoms with E-state index in [9.17, 15) is 9.59 Å². The van der Waals surface area contributed by atoms with Crippen molar-refractivity contribution >= 4 is 11.9 Å². The van der Waals surface area contributed by atoms with E-state index in [0.717, 1.165) is 32.1 Å². The molecule has 4 nitrogen and oxygen atoms in total. The number of nitrogens with one attached hydrogen (secondary N) is 1. The summed E-state index contributed by atoms with van der Waals surface area (Å²) in [5, 5.41) is 11.6. The van der Waals surface area contributed by atoms with Crippen molar-refractivity contribution in [3.05, 3.63) is 0 Å². The maximum absolute atomic E-state index is 12.3. The lowest BCUT2D eigenvalue weighted by Gasteiger charge is -2.35. The van der Waals surface area contributed by atoms with Crippen LogP contribution in [0, 0.1) is 5.41 Å². The van der Waals surface area contributed by atoms with Crippen molar-refractivity contribution in [3.63, 3.8) is 0 Å². The number of amides is 1. The monoisotopic (exact) mass is 255 g/mol. The van der Waals surface area contributed by atoms with Crippen LogP contribution in [-0.2, 0) is 9.59 Å². The molecule has 1 aliphatic rings. The summed E-state index contributed by atoms with van der Waals surface area (Å²) in [5.41, 5.74) is -0.199. The molecule has 1 unspecified atom stereocenters. The molecule has 0 aliphatic heterocycles. The van der Waals surface area contributed by atoms with Crippen LogP contribution in [0.25, 0.3) is 0 Å². The van der Waals surface area contributed by atoms with Gasteiger partial charge in [-0.2, -0.15) is 0 Å². The minimum Gasteiger partial charge on any atom is -0.481 e. The van der Waals surface area contributed by atoms with Gasteiger partial charge in [-0.3, -0.25) is 9.59 Å². The highest BCUT2D eigenvalue weighted by atomic mass is 16.4. The lowest BCUT2D eigenvalue weighted by molar-refractivity contribution is -0.138. The Morgan fingerprint density at radius 2 is 1.89 bits per heavy atom. The van der Waals surface area contributed by atoms with E-state index in [-0.39, 0.29) is 23.8 Å². The highest BCUT2D eigenvalue weighted by Crippen LogP contribution is 2.39. The minimum absolute atomic E-state index is 0.0565. The summed E-state index contributed by atoms with van der Waals surface area (Å²) in [5.74, 6) is -0.679. The first-order valence-electron chi connectivity index (χ1n) is 7.03. The summed E-state index contributed by atoms with van der Waals surface area (Å²) in [6.07, 6.45) is 6.92. The summed E-state index contributed by atoms with van der Waals surface area (Å²) >= 11 is 0. The van der Waals surface area contributed by atoms with Crippen molar-refractivity contribution < 1.29 is 14.7 Å². The highest BCUT2D eigenvalue weighted by molar-refractivity contribution is 5.83. The average molecular weight is 255 g/mol. The zero-order chi connectivity index (χ0) is 13.6. The van der Waals surface area contributed by atoms with Crippen LogP contribution in [0.1, 0.15) is 65.2 Å². The van der Waals surface area contributed by atoms with E-state index in [1.165, 1.54) is 6.42 Å². The zero-order valence-electron chi connectivity index (χ0n) is 11.5. The van der Waals surface area contributed by atoms with Gasteiger partial charge in [-0.15, -0.1) is 0 Å². The second kappa shape index (κ2) is 6.76. The van der Waals surface area contributed by atoms with Crippen molar-refractivity contribution in [3.8, 4) is 0 Å². The first-order chi connectivity index (χ1) is 8.50. The Labute approximate surface area is 109 Å². The summed E-state index contributed by atoms with van der Waals surface area (Å²) in [4.78, 5) is 22.8. The number of carboxylic acid groups (broad SMARTS) is 1. The molecule has 18 heavy (non-hydrogen) atoms. The predicted molar refractivity (Wildman–Crippen MR) is 70.3 cm³/mol. The van der Waals surface area contributed by atoms with E-state index in [2.05, 4.69) is 12.2 Å². The first-order valence-corrected chi connectivity index (χ1v) is 7.03. The molecule has 0 radical (unpaired) electrons. The average Bonchev–Trinajstić information content (AvgIpc) is 2.37. The maximum Gasteiger partial charge on any atom is 0.303 e. The van der Waals surface area contributed by atoms with Gasteiger partial charge in [0.15, 0.2) is 0 Å². The van der Waals surface area contributed by atoms with Crippen LogP contribution in [0.3, 0.4) is 0 Å². The number of rotatable bonds is 6. The molecule has 1 rings (SSSR count). The Balaban J connectivity index is 2.48. The molecule has 1 aliphatic carbocycles. The van der Waals surface area contributed by atoms with Crippen LogP contribution in [0.2, 0.25) is 0 Å². The van der Waals surface area contributed by atoms with Crippen LogP contribution >= 0.6 is 0 Å². The van der Waals surface area contributed by atoms with Crippen LogP contribution in [0.15, 0.2) is 0 Å². The summed E-state index contributed by atoms with van der Waals surface area (Å²) in [6.45, 7) is 3.96. The molecule has 1 atom stereocenters. The van der Waals surface area contributed by atoms with Gasteiger partial charge in [0.25, 0.3) is 0 Å². The van der Waals surface area contributed by atoms with Crippen molar-refractivity contribution in [1.29, 1.82) is 0 Å². The fourth-order valence-electron chi connectivity index (χ4n) is 2.76. The normalized spacial score (nSPS) is 20.1. The number of carboxylic acids is 1. The lowest BCUT2D eigenvalue weighted by atomic mass is 9.71. The van der Waals surface area contributed by atoms with Crippen LogP contribution in [0.5, 0.6) is 0 Å². The topological polar surface area (TPSA) is 66.4 Å². The van der Waals surface area contributed by atoms with Gasteiger partial charge in [0.1, 0.15) is 0 Å². The molecule has 1 fully saturated rings. The Kier molecular flexibility index (Phi) is 5.63. The number of aliphatic carboxylic acids is 1. The molecule has 0 spiro atoms. The third-order valence-corrected chi connectivity index (χ3v) is 4.14. The van der Waals surface area contributed by atoms with Crippen molar-refractivity contribution in [1.82, 2.24) is 5.32 Å². The molecule has 0 heterocycles. The third-order valence-electron chi connectivity index (χ3n) is 4.14. The molecule has 0 bridgehead atoms. The SMILES string of the molecule is CCC1(C(=O)NC(C)CCC(=O)O)CCCCC1. The number of carbonyl (C=O) groups is 2. The summed E-state index contributed by atoms with van der Waals surface area (Å²) in [6, 6.07) is -0.0565. The van der Waals surface area contributed by atoms with E-state index >= 15 is 0 Å². The smallest absolute Gasteiger partial charge is 0.303 e. The number of carbonyl (C=O) groups excluding carboxylic acids is 1. The molecule has 0 saturated heterocycles. The largest absolute Gasteiger partial charge is 0.481 e. The standard InChI is InChI=1S/C14H25NO3/c1-3-14(9-5-4-6-10-14)13(18)15-11(2)7-8-12(16)17/h11H,3-10H2,1-2H3,(H,15,18)(H,16,17). The highest BCUT2D eigenvalue weighted by Gasteiger charge is 2.37. The maximum atomic E-state index is 12.3. The van der Waals surface area contributed by atoms with Crippen LogP contribution in [0.4, 0.5) is 0 Å². The molecule has 2 N–H and O–H groups in total. The van der Waals surface area contributed by atoms with E-state index in [4.69, 9.17) is 5.11 Å². The van der Waals surface area contributed by atoms with E-state index in [0.29, 0.717) is 6.42 Å². The molecule has 0 aromatic rings. The second-order valence-corrected chi connectivity index (χ2v) is 5.50. The summed E-state index contributed by atoms with van der Waals surface area (Å²) in [7, 11) is 0. The van der Waals surface area contributed by atoms with Gasteiger partial charge in [-0.1, -0.05) is 26.2 Å². The predicted octanol–water partition coefficient (Wildman–Crippen LogP) is 2.72. The second-order valence-electron chi connectivity index (χ2n) is 5.50. The van der Waals surface area contributed by atoms with Crippen LogP contribution < -0.4 is 5.32 Å². The molecule has 0 aromatic carbocycles. The lowest BCUT2D eigenvalue weighted by Crippen LogP contribution is -2.45. The third kappa shape index (κ3) is 4.00. The molecule has 1 amide bonds. The van der Waals surface area contributed by atoms with Gasteiger partial charge in [0.05, 0.1) is 0 Å². The Morgan fingerprint density at radius 3 is 2.39 bits per heavy atom. The van der Waals surface area contributed by atoms with Gasteiger partial charge in [-0.05, 0) is 32.6 Å². The van der Waals surface area contributed by atoms with Crippen molar-refractivity contribution in [2.45, 2.75) is 71.3 Å². The fraction of sp³-hybridized carbons (Fsp3) is 0.857. The van der Waals surface area contributed by atoms with Gasteiger partial charge < -0.3 is 10.4 Å². The van der Waals surface area contributed by atoms with Crippen molar-refractivity contribution in [2.75, 3.05) is 0 Å². The van der Waals surface area contributed by atoms with Gasteiger partial charge >= 0.3 is 5.97 Å². The van der Waals surface area contributed by atoms with Gasteiger partial charge in [0.2, 0.25) is 5.91 Å². The summed E-state index contributed by atoms with van der Waals surface area (Å²) < 4.78 is 0. The zero-order valence-corrected chi connectivity index (χ0v) is 11.5. The van der Waals surface area contributed by atoms with E-state index in [1.54, 1.807) is 0 Å². The molecule has 4 heteroatoms. The quantitative estimate of drug-likeness (QED) is 0.767. The first kappa shape index (κ1) is 15.0. The molecular formula is C14H25NO3. The molecule has 1 saturated carbocycles. The van der Waals surface area contributed by atoms with E-state index < -0.39 is 5.97 Å². The van der Waals surface area contributed by atoms with Gasteiger partial charge in [-0.25, -0.2) is 0 Å². The van der Waals surface area contributed by atoms with Crippen molar-refractivity contribution in [2.24, 2.45) is 5.41 Å². The molecule has 104 valence electrons. The van der Waals surface area contributed by atoms with Gasteiger partial charge in [0, 0.05) is 17.9 Å². The fourth-order valence-corrected chi connectivity index (χ4v) is 2.76. The van der Waals surface area contributed by atoms with E-state index in [1.807, 2.05) is 6.92 Å². The molecule has 0 aromatic heterocycles. The van der Waals surface area contributed by atoms with Crippen LogP contribution in [-0.4, -0.2) is 23.0 Å². The Morgan fingerprint density at radius 1 is 1.28 bits per heavy atom. The number of hydrogen-bond acceptors (Lipinski definition) is 2. The Bertz CT molecular complexity index is 295.